The number of ether oxygens (including phenoxy) is 7. The number of hydrogen-bond donors (Lipinski definition) is 13. The van der Waals surface area contributed by atoms with Crippen LogP contribution in [0.2, 0.25) is 10.0 Å². The molecule has 0 unspecified atom stereocenters. The highest BCUT2D eigenvalue weighted by Crippen LogP contribution is 2.34. The molecule has 35 nitrogen and oxygen atoms in total. The maximum atomic E-state index is 13.4. The van der Waals surface area contributed by atoms with Crippen LogP contribution in [-0.4, -0.2) is 208 Å². The maximum absolute atomic E-state index is 13.4. The minimum absolute atomic E-state index is 0.0962. The topological polar surface area (TPSA) is 491 Å². The van der Waals surface area contributed by atoms with Crippen LogP contribution in [0.5, 0.6) is 11.5 Å². The third-order valence-corrected chi connectivity index (χ3v) is 20.3. The summed E-state index contributed by atoms with van der Waals surface area (Å²) in [5.74, 6) is -5.23. The predicted octanol–water partition coefficient (Wildman–Crippen LogP) is 9.09. The Morgan fingerprint density at radius 3 is 0.967 bits per heavy atom. The summed E-state index contributed by atoms with van der Waals surface area (Å²) in [6.45, 7) is 30.4. The molecule has 123 heavy (non-hydrogen) atoms. The van der Waals surface area contributed by atoms with E-state index < -0.39 is 119 Å². The standard InChI is InChI=1S/C26H35ClN4O6.C25H32ClN5O4.C21H37N3O6.C14H24N2O5/c1-26(2,3)13-20(24(34)30-19(25(35)37-5)9-14-7-6-8-28-22(14)32)31-23(33)18-12-16-17(29-18)10-15(27)11-21(16)36-4;1-25(2,3)12-20(24(34)29-16(13-27)8-14-6-5-7-28-22(14)32)31-23(33)19-11-17-18(30-19)9-15(26)10-21(17)35-4;1-20(2,3)12-15(24-19(28)30-21(4,5)6)17(26)23-14(18(27)29-7)11-13-9-8-10-22-16(13)25;1-14(2,3)21-13(19)16-10(12(18)20-4)8-9-6-5-7-15-11(9)17/h10-12,14,19-20,29H,6-9,13H2,1-5H3,(H,28,32)(H,30,34)(H,31,33);9-11,14,16,20,30H,5-8,12H2,1-4H3,(H,28,32)(H,29,34)(H,31,33);13-15H,8-12H2,1-7H3,(H,22,25)(H,23,26)(H,24,28);9-10H,5-8H2,1-4H3,(H,15,17)(H,16,19)/t14-,19-,20-;14-,16-,20-;13-,14-,15-;9-,10-/m0000/s1. The van der Waals surface area contributed by atoms with E-state index in [1.54, 1.807) is 77.9 Å². The van der Waals surface area contributed by atoms with Gasteiger partial charge in [0.15, 0.2) is 0 Å². The summed E-state index contributed by atoms with van der Waals surface area (Å²) in [6.07, 6.45) is 6.17. The van der Waals surface area contributed by atoms with Gasteiger partial charge in [-0.05, 0) is 190 Å². The molecule has 4 fully saturated rings. The molecule has 0 aliphatic carbocycles. The van der Waals surface area contributed by atoms with Crippen LogP contribution in [0.15, 0.2) is 36.4 Å². The fourth-order valence-corrected chi connectivity index (χ4v) is 14.6. The van der Waals surface area contributed by atoms with Crippen LogP contribution in [-0.2, 0) is 71.6 Å². The number of piperidine rings is 4. The van der Waals surface area contributed by atoms with Gasteiger partial charge in [0.1, 0.15) is 76.4 Å². The molecule has 0 radical (unpaired) electrons. The molecule has 2 aromatic heterocycles. The Morgan fingerprint density at radius 1 is 0.407 bits per heavy atom. The van der Waals surface area contributed by atoms with E-state index in [1.807, 2.05) is 62.3 Å². The first-order valence-electron chi connectivity index (χ1n) is 41.3. The van der Waals surface area contributed by atoms with Gasteiger partial charge in [-0.25, -0.2) is 24.0 Å². The first kappa shape index (κ1) is 103. The van der Waals surface area contributed by atoms with Crippen LogP contribution >= 0.6 is 23.2 Å². The lowest BCUT2D eigenvalue weighted by atomic mass is 9.87. The van der Waals surface area contributed by atoms with E-state index in [9.17, 15) is 72.4 Å². The van der Waals surface area contributed by atoms with Crippen LogP contribution in [0, 0.1) is 51.2 Å². The lowest BCUT2D eigenvalue weighted by Gasteiger charge is -2.30. The molecule has 4 aromatic rings. The number of aromatic amines is 2. The highest BCUT2D eigenvalue weighted by molar-refractivity contribution is 6.32. The van der Waals surface area contributed by atoms with Crippen LogP contribution in [0.25, 0.3) is 21.8 Å². The average Bonchev–Trinajstić information content (AvgIpc) is 1.65. The number of carbonyl (C=O) groups excluding carboxylic acids is 14. The van der Waals surface area contributed by atoms with Crippen molar-refractivity contribution in [2.45, 2.75) is 254 Å². The number of alkyl carbamates (subject to hydrolysis) is 2. The number of aromatic nitrogens is 2. The largest absolute Gasteiger partial charge is 0.496 e. The van der Waals surface area contributed by atoms with Crippen LogP contribution in [0.1, 0.15) is 221 Å². The van der Waals surface area contributed by atoms with Gasteiger partial charge in [0, 0.05) is 70.7 Å². The van der Waals surface area contributed by atoms with Crippen molar-refractivity contribution in [3.05, 3.63) is 57.8 Å². The summed E-state index contributed by atoms with van der Waals surface area (Å²) in [5.41, 5.74) is -0.527. The van der Waals surface area contributed by atoms with Gasteiger partial charge >= 0.3 is 30.1 Å². The molecule has 0 spiro atoms. The zero-order valence-corrected chi connectivity index (χ0v) is 76.0. The van der Waals surface area contributed by atoms with E-state index in [2.05, 4.69) is 79.3 Å². The molecule has 6 heterocycles. The van der Waals surface area contributed by atoms with E-state index in [0.29, 0.717) is 114 Å². The molecular weight excluding hydrogens is 1640 g/mol. The van der Waals surface area contributed by atoms with Crippen LogP contribution in [0.3, 0.4) is 0 Å². The summed E-state index contributed by atoms with van der Waals surface area (Å²) < 4.78 is 35.5. The molecule has 4 aliphatic rings. The first-order chi connectivity index (χ1) is 57.4. The highest BCUT2D eigenvalue weighted by Gasteiger charge is 2.40. The number of benzene rings is 2. The van der Waals surface area contributed by atoms with Gasteiger partial charge in [-0.2, -0.15) is 5.26 Å². The maximum Gasteiger partial charge on any atom is 0.408 e. The van der Waals surface area contributed by atoms with Crippen LogP contribution < -0.4 is 68.0 Å². The van der Waals surface area contributed by atoms with Gasteiger partial charge < -0.3 is 102 Å². The van der Waals surface area contributed by atoms with Crippen molar-refractivity contribution < 1.29 is 100 Å². The van der Waals surface area contributed by atoms with E-state index in [4.69, 9.17) is 51.6 Å². The highest BCUT2D eigenvalue weighted by atomic mass is 35.5. The lowest BCUT2D eigenvalue weighted by molar-refractivity contribution is -0.147. The Labute approximate surface area is 729 Å². The van der Waals surface area contributed by atoms with Gasteiger partial charge in [-0.3, -0.25) is 43.2 Å². The van der Waals surface area contributed by atoms with Crippen molar-refractivity contribution in [3.8, 4) is 17.6 Å². The van der Waals surface area contributed by atoms with Crippen molar-refractivity contribution in [2.75, 3.05) is 61.7 Å². The number of methoxy groups -OCH3 is 5. The summed E-state index contributed by atoms with van der Waals surface area (Å²) in [7, 11) is 6.73. The average molecular weight is 1760 g/mol. The Bertz CT molecular complexity index is 4410. The summed E-state index contributed by atoms with van der Waals surface area (Å²) >= 11 is 12.3. The molecule has 37 heteroatoms. The number of rotatable bonds is 28. The smallest absolute Gasteiger partial charge is 0.408 e. The Hall–Kier alpha value is -10.6. The number of nitrogens with zero attached hydrogens (tertiary/aromatic N) is 1. The van der Waals surface area contributed by atoms with Gasteiger partial charge in [0.25, 0.3) is 11.8 Å². The number of nitriles is 1. The van der Waals surface area contributed by atoms with E-state index in [-0.39, 0.29) is 94.7 Å². The first-order valence-corrected chi connectivity index (χ1v) is 42.1. The molecule has 8 rings (SSSR count). The van der Waals surface area contributed by atoms with Gasteiger partial charge in [-0.1, -0.05) is 85.5 Å². The van der Waals surface area contributed by atoms with Crippen LogP contribution in [0.4, 0.5) is 9.59 Å². The third kappa shape index (κ3) is 35.3. The van der Waals surface area contributed by atoms with Crippen molar-refractivity contribution >= 4 is 128 Å². The summed E-state index contributed by atoms with van der Waals surface area (Å²) in [5, 5.41) is 41.7. The molecule has 2 aromatic carbocycles. The molecule has 4 aliphatic heterocycles. The number of fused-ring (bicyclic) bond motifs is 2. The van der Waals surface area contributed by atoms with Crippen molar-refractivity contribution in [3.63, 3.8) is 0 Å². The molecule has 0 saturated carbocycles. The second kappa shape index (κ2) is 46.7. The molecule has 11 amide bonds. The molecule has 0 bridgehead atoms. The fraction of sp³-hybridized carbons (Fsp3) is 0.640. The SMILES string of the molecule is COC(=O)[C@H](C[C@@H]1CCCNC1=O)NC(=O)OC(C)(C)C.COC(=O)[C@H](C[C@@H]1CCCNC1=O)NC(=O)[C@H](CC(C)(C)C)NC(=O)OC(C)(C)C.COC(=O)[C@H](C[C@@H]1CCCNC1=O)NC(=O)[C@H](CC(C)(C)C)NC(=O)c1cc2c(OC)cc(Cl)cc2[nH]1.COc1cc(Cl)cc2[nH]c(C(=O)N[C@@H](CC(C)(C)C)C(=O)N[C@H](C#N)C[C@@H]3CCCNC3=O)cc12. The van der Waals surface area contributed by atoms with Crippen molar-refractivity contribution in [2.24, 2.45) is 39.9 Å². The number of halogens is 2. The molecular formula is C86H128Cl2N14O21. The molecule has 4 saturated heterocycles. The minimum Gasteiger partial charge on any atom is -0.496 e. The minimum atomic E-state index is -1.02. The third-order valence-electron chi connectivity index (χ3n) is 19.9. The molecule has 13 N–H and O–H groups in total. The summed E-state index contributed by atoms with van der Waals surface area (Å²) in [4.78, 5) is 181. The number of carbonyl (C=O) groups is 14. The van der Waals surface area contributed by atoms with Gasteiger partial charge in [-0.15, -0.1) is 0 Å². The zero-order valence-electron chi connectivity index (χ0n) is 74.5. The Kier molecular flexibility index (Phi) is 39.1. The Balaban J connectivity index is 0.000000297. The number of amides is 11. The Morgan fingerprint density at radius 2 is 0.691 bits per heavy atom. The number of nitrogens with one attached hydrogen (secondary N) is 13. The number of esters is 3. The monoisotopic (exact) mass is 1760 g/mol. The second-order valence-corrected chi connectivity index (χ2v) is 37.5. The van der Waals surface area contributed by atoms with E-state index in [0.717, 1.165) is 25.7 Å². The van der Waals surface area contributed by atoms with Crippen molar-refractivity contribution in [1.82, 2.24) is 68.5 Å². The fourth-order valence-electron chi connectivity index (χ4n) is 14.2. The van der Waals surface area contributed by atoms with Crippen molar-refractivity contribution in [1.29, 1.82) is 5.26 Å². The normalized spacial score (nSPS) is 18.4. The van der Waals surface area contributed by atoms with E-state index in [1.165, 1.54) is 35.5 Å². The summed E-state index contributed by atoms with van der Waals surface area (Å²) in [6, 6.07) is 5.55. The number of H-pyrrole nitrogens is 2. The quantitative estimate of drug-likeness (QED) is 0.0186. The predicted molar refractivity (Wildman–Crippen MR) is 460 cm³/mol. The molecule has 11 atom stereocenters. The van der Waals surface area contributed by atoms with Gasteiger partial charge in [0.05, 0.1) is 52.7 Å². The molecule has 682 valence electrons. The van der Waals surface area contributed by atoms with Gasteiger partial charge in [0.2, 0.25) is 41.4 Å². The van der Waals surface area contributed by atoms with E-state index >= 15 is 0 Å². The number of hydrogen-bond acceptors (Lipinski definition) is 22. The lowest BCUT2D eigenvalue weighted by Crippen LogP contribution is -2.54. The second-order valence-electron chi connectivity index (χ2n) is 36.6. The zero-order chi connectivity index (χ0) is 92.2.